The molecule has 0 radical (unpaired) electrons. The van der Waals surface area contributed by atoms with Gasteiger partial charge in [0.2, 0.25) is 0 Å². The summed E-state index contributed by atoms with van der Waals surface area (Å²) in [6.07, 6.45) is -3.35. The van der Waals surface area contributed by atoms with Crippen LogP contribution in [0.5, 0.6) is 5.75 Å². The van der Waals surface area contributed by atoms with Crippen LogP contribution in [0.3, 0.4) is 0 Å². The number of rotatable bonds is 13. The van der Waals surface area contributed by atoms with Crippen LogP contribution in [0.4, 0.5) is 0 Å². The van der Waals surface area contributed by atoms with E-state index < -0.39 is 79.6 Å². The third-order valence-corrected chi connectivity index (χ3v) is 7.87. The van der Waals surface area contributed by atoms with Gasteiger partial charge in [0.05, 0.1) is 18.6 Å². The van der Waals surface area contributed by atoms with Crippen molar-refractivity contribution in [1.82, 2.24) is 14.6 Å². The number of ether oxygens (including phenoxy) is 3. The summed E-state index contributed by atoms with van der Waals surface area (Å²) in [5.41, 5.74) is 6.11. The SMILES string of the molecule is CC(C)OC(=O)[C@H](C)NP(=O)(OC[C@H]1O[C@@H](n2ccc(=O)[nH]c2=O)[C@](C)(N=[N+]=[N-])[C@@H]1OC(=O)C(C)C)Oc1ccccc1. The first-order valence-electron chi connectivity index (χ1n) is 13.4. The van der Waals surface area contributed by atoms with Gasteiger partial charge in [-0.15, -0.1) is 0 Å². The van der Waals surface area contributed by atoms with Gasteiger partial charge in [0.15, 0.2) is 6.23 Å². The van der Waals surface area contributed by atoms with Crippen LogP contribution in [0.2, 0.25) is 0 Å². The van der Waals surface area contributed by atoms with Gasteiger partial charge in [-0.05, 0) is 45.4 Å². The fourth-order valence-corrected chi connectivity index (χ4v) is 5.64. The zero-order valence-corrected chi connectivity index (χ0v) is 25.4. The van der Waals surface area contributed by atoms with Crippen molar-refractivity contribution in [3.63, 3.8) is 0 Å². The lowest BCUT2D eigenvalue weighted by Crippen LogP contribution is -2.48. The maximum Gasteiger partial charge on any atom is 0.459 e. The molecular weight excluding hydrogens is 587 g/mol. The number of H-pyrrole nitrogens is 1. The fourth-order valence-electron chi connectivity index (χ4n) is 4.14. The maximum absolute atomic E-state index is 14.0. The minimum Gasteiger partial charge on any atom is -0.462 e. The second-order valence-electron chi connectivity index (χ2n) is 10.5. The van der Waals surface area contributed by atoms with Gasteiger partial charge < -0.3 is 18.7 Å². The number of esters is 2. The normalized spacial score (nSPS) is 23.7. The first-order valence-corrected chi connectivity index (χ1v) is 14.9. The molecule has 1 fully saturated rings. The van der Waals surface area contributed by atoms with Crippen LogP contribution in [0.25, 0.3) is 10.4 Å². The van der Waals surface area contributed by atoms with Crippen molar-refractivity contribution in [2.75, 3.05) is 6.61 Å². The van der Waals surface area contributed by atoms with Gasteiger partial charge >= 0.3 is 25.4 Å². The lowest BCUT2D eigenvalue weighted by molar-refractivity contribution is -0.158. The molecule has 16 nitrogen and oxygen atoms in total. The molecule has 43 heavy (non-hydrogen) atoms. The summed E-state index contributed by atoms with van der Waals surface area (Å²) in [6, 6.07) is 7.94. The molecule has 2 N–H and O–H groups in total. The molecule has 0 saturated carbocycles. The number of carbonyl (C=O) groups excluding carboxylic acids is 2. The van der Waals surface area contributed by atoms with Crippen LogP contribution >= 0.6 is 7.75 Å². The maximum atomic E-state index is 14.0. The zero-order valence-electron chi connectivity index (χ0n) is 24.5. The van der Waals surface area contributed by atoms with Crippen molar-refractivity contribution in [1.29, 1.82) is 0 Å². The summed E-state index contributed by atoms with van der Waals surface area (Å²) in [6.45, 7) is 8.69. The number of aromatic nitrogens is 2. The van der Waals surface area contributed by atoms with Crippen molar-refractivity contribution < 1.29 is 37.4 Å². The van der Waals surface area contributed by atoms with E-state index in [-0.39, 0.29) is 5.75 Å². The van der Waals surface area contributed by atoms with E-state index in [2.05, 4.69) is 20.1 Å². The number of aromatic amines is 1. The topological polar surface area (TPSA) is 213 Å². The monoisotopic (exact) mass is 622 g/mol. The summed E-state index contributed by atoms with van der Waals surface area (Å²) >= 11 is 0. The number of carbonyl (C=O) groups is 2. The van der Waals surface area contributed by atoms with E-state index in [1.165, 1.54) is 26.0 Å². The largest absolute Gasteiger partial charge is 0.462 e. The second-order valence-corrected chi connectivity index (χ2v) is 12.2. The Hall–Kier alpha value is -3.94. The highest BCUT2D eigenvalue weighted by Gasteiger charge is 2.57. The van der Waals surface area contributed by atoms with Gasteiger partial charge in [0, 0.05) is 17.2 Å². The molecule has 0 spiro atoms. The van der Waals surface area contributed by atoms with Gasteiger partial charge in [-0.3, -0.25) is 28.5 Å². The zero-order chi connectivity index (χ0) is 31.9. The highest BCUT2D eigenvalue weighted by Crippen LogP contribution is 2.48. The number of benzene rings is 1. The van der Waals surface area contributed by atoms with E-state index in [0.717, 1.165) is 16.8 Å². The average molecular weight is 623 g/mol. The number of azide groups is 1. The van der Waals surface area contributed by atoms with Crippen molar-refractivity contribution in [3.8, 4) is 5.75 Å². The molecule has 1 aliphatic rings. The molecule has 1 aromatic heterocycles. The van der Waals surface area contributed by atoms with Gasteiger partial charge in [-0.2, -0.15) is 5.09 Å². The van der Waals surface area contributed by atoms with Crippen LogP contribution in [0.1, 0.15) is 47.8 Å². The second kappa shape index (κ2) is 14.0. The number of para-hydroxylation sites is 1. The lowest BCUT2D eigenvalue weighted by atomic mass is 9.92. The Kier molecular flexibility index (Phi) is 10.9. The Morgan fingerprint density at radius 3 is 2.42 bits per heavy atom. The van der Waals surface area contributed by atoms with Crippen LogP contribution in [0, 0.1) is 5.92 Å². The summed E-state index contributed by atoms with van der Waals surface area (Å²) < 4.78 is 43.3. The Morgan fingerprint density at radius 1 is 1.16 bits per heavy atom. The molecule has 0 aliphatic carbocycles. The molecule has 1 unspecified atom stereocenters. The molecule has 17 heteroatoms. The predicted molar refractivity (Wildman–Crippen MR) is 152 cm³/mol. The summed E-state index contributed by atoms with van der Waals surface area (Å²) in [5.74, 6) is -1.85. The molecule has 1 saturated heterocycles. The fraction of sp³-hybridized carbons (Fsp3) is 0.538. The first-order chi connectivity index (χ1) is 20.2. The molecule has 1 aromatic carbocycles. The lowest BCUT2D eigenvalue weighted by Gasteiger charge is -2.31. The van der Waals surface area contributed by atoms with Gasteiger partial charge in [0.1, 0.15) is 29.5 Å². The third-order valence-electron chi connectivity index (χ3n) is 6.23. The van der Waals surface area contributed by atoms with Crippen LogP contribution in [-0.4, -0.2) is 58.0 Å². The highest BCUT2D eigenvalue weighted by atomic mass is 31.2. The van der Waals surface area contributed by atoms with Crippen LogP contribution in [0.15, 0.2) is 57.3 Å². The van der Waals surface area contributed by atoms with Crippen molar-refractivity contribution in [2.45, 2.75) is 77.7 Å². The van der Waals surface area contributed by atoms with E-state index in [9.17, 15) is 29.3 Å². The molecule has 0 bridgehead atoms. The minimum atomic E-state index is -4.38. The van der Waals surface area contributed by atoms with E-state index in [1.54, 1.807) is 45.9 Å². The summed E-state index contributed by atoms with van der Waals surface area (Å²) in [5, 5.41) is 6.37. The Bertz CT molecular complexity index is 1510. The number of nitrogens with one attached hydrogen (secondary N) is 2. The first kappa shape index (κ1) is 33.6. The predicted octanol–water partition coefficient (Wildman–Crippen LogP) is 3.20. The molecule has 6 atom stereocenters. The number of hydrogen-bond donors (Lipinski definition) is 2. The molecular formula is C26H35N6O10P. The summed E-state index contributed by atoms with van der Waals surface area (Å²) in [7, 11) is -4.38. The molecule has 2 heterocycles. The van der Waals surface area contributed by atoms with Crippen molar-refractivity contribution in [3.05, 3.63) is 73.9 Å². The van der Waals surface area contributed by atoms with Gasteiger partial charge in [-0.1, -0.05) is 37.2 Å². The van der Waals surface area contributed by atoms with Gasteiger partial charge in [0.25, 0.3) is 5.56 Å². The van der Waals surface area contributed by atoms with E-state index >= 15 is 0 Å². The number of hydrogen-bond acceptors (Lipinski definition) is 11. The van der Waals surface area contributed by atoms with Crippen molar-refractivity contribution >= 4 is 19.7 Å². The standard InChI is InChI=1S/C26H35N6O10P/c1-15(2)22(34)41-21-19(40-24(26(21,6)30-31-27)32-13-12-20(33)28-25(32)36)14-38-43(37,42-18-10-8-7-9-11-18)29-17(5)23(35)39-16(3)4/h7-13,15-17,19,21,24H,14H2,1-6H3,(H,29,37)(H,28,33,36)/t17-,19+,21+,24+,26+,43?/m0/s1. The average Bonchev–Trinajstić information content (AvgIpc) is 3.18. The van der Waals surface area contributed by atoms with Gasteiger partial charge in [-0.25, -0.2) is 9.36 Å². The molecule has 234 valence electrons. The minimum absolute atomic E-state index is 0.148. The summed E-state index contributed by atoms with van der Waals surface area (Å²) in [4.78, 5) is 54.6. The quantitative estimate of drug-likeness (QED) is 0.109. The Balaban J connectivity index is 2.00. The van der Waals surface area contributed by atoms with Crippen molar-refractivity contribution in [2.24, 2.45) is 11.0 Å². The van der Waals surface area contributed by atoms with E-state index in [1.807, 2.05) is 0 Å². The molecule has 3 rings (SSSR count). The smallest absolute Gasteiger partial charge is 0.459 e. The van der Waals surface area contributed by atoms with E-state index in [4.69, 9.17) is 23.3 Å². The van der Waals surface area contributed by atoms with E-state index in [0.29, 0.717) is 0 Å². The molecule has 2 aromatic rings. The molecule has 1 aliphatic heterocycles. The highest BCUT2D eigenvalue weighted by molar-refractivity contribution is 7.52. The number of nitrogens with zero attached hydrogens (tertiary/aromatic N) is 4. The van der Waals surface area contributed by atoms with Crippen LogP contribution in [-0.2, 0) is 32.9 Å². The third kappa shape index (κ3) is 8.33. The van der Waals surface area contributed by atoms with Crippen LogP contribution < -0.4 is 20.9 Å². The molecule has 0 amide bonds. The Morgan fingerprint density at radius 2 is 1.84 bits per heavy atom. The Labute approximate surface area is 246 Å².